The maximum Gasteiger partial charge on any atom is 0.161 e. The highest BCUT2D eigenvalue weighted by atomic mass is 35.5. The fraction of sp³-hybridized carbons (Fsp3) is 0.231. The van der Waals surface area contributed by atoms with Gasteiger partial charge in [0, 0.05) is 0 Å². The standard InChI is InChI=1S/C13H13NO2.ClH/c14-11-7-15-12-5-9-3-1-2-4-10(9)6-13(12)16-8-11;/h1-6,11H,7-8,14H2;1H. The zero-order valence-corrected chi connectivity index (χ0v) is 10.1. The lowest BCUT2D eigenvalue weighted by atomic mass is 10.1. The van der Waals surface area contributed by atoms with Crippen LogP contribution >= 0.6 is 12.4 Å². The highest BCUT2D eigenvalue weighted by Crippen LogP contribution is 2.33. The van der Waals surface area contributed by atoms with Gasteiger partial charge in [-0.15, -0.1) is 12.4 Å². The summed E-state index contributed by atoms with van der Waals surface area (Å²) in [6.07, 6.45) is 0. The van der Waals surface area contributed by atoms with E-state index in [1.54, 1.807) is 0 Å². The summed E-state index contributed by atoms with van der Waals surface area (Å²) >= 11 is 0. The molecule has 2 aromatic rings. The average Bonchev–Trinajstić information content (AvgIpc) is 2.49. The SMILES string of the molecule is Cl.NC1COc2cc3ccccc3cc2OC1. The van der Waals surface area contributed by atoms with Gasteiger partial charge in [-0.1, -0.05) is 24.3 Å². The molecule has 4 heteroatoms. The zero-order valence-electron chi connectivity index (χ0n) is 9.26. The van der Waals surface area contributed by atoms with Gasteiger partial charge in [-0.25, -0.2) is 0 Å². The van der Waals surface area contributed by atoms with Gasteiger partial charge in [-0.05, 0) is 22.9 Å². The van der Waals surface area contributed by atoms with E-state index in [1.807, 2.05) is 24.3 Å². The van der Waals surface area contributed by atoms with Crippen molar-refractivity contribution in [2.75, 3.05) is 13.2 Å². The minimum absolute atomic E-state index is 0. The summed E-state index contributed by atoms with van der Waals surface area (Å²) in [5.74, 6) is 1.57. The van der Waals surface area contributed by atoms with Gasteiger partial charge >= 0.3 is 0 Å². The Bertz CT molecular complexity index is 483. The molecule has 0 unspecified atom stereocenters. The molecule has 0 fully saturated rings. The van der Waals surface area contributed by atoms with E-state index in [2.05, 4.69) is 12.1 Å². The molecular formula is C13H14ClNO2. The van der Waals surface area contributed by atoms with Crippen LogP contribution in [0.3, 0.4) is 0 Å². The molecule has 2 N–H and O–H groups in total. The lowest BCUT2D eigenvalue weighted by Gasteiger charge is -2.08. The molecule has 0 atom stereocenters. The Kier molecular flexibility index (Phi) is 3.41. The molecule has 0 saturated carbocycles. The van der Waals surface area contributed by atoms with E-state index < -0.39 is 0 Å². The molecule has 1 heterocycles. The molecule has 0 radical (unpaired) electrons. The second kappa shape index (κ2) is 4.82. The zero-order chi connectivity index (χ0) is 11.0. The molecule has 0 aromatic heterocycles. The van der Waals surface area contributed by atoms with E-state index in [4.69, 9.17) is 15.2 Å². The summed E-state index contributed by atoms with van der Waals surface area (Å²) in [6, 6.07) is 12.1. The Morgan fingerprint density at radius 2 is 1.41 bits per heavy atom. The highest BCUT2D eigenvalue weighted by molar-refractivity contribution is 5.86. The molecule has 0 saturated heterocycles. The van der Waals surface area contributed by atoms with Crippen molar-refractivity contribution in [1.29, 1.82) is 0 Å². The molecule has 1 aliphatic heterocycles. The van der Waals surface area contributed by atoms with Crippen LogP contribution in [0.4, 0.5) is 0 Å². The van der Waals surface area contributed by atoms with Crippen molar-refractivity contribution in [2.45, 2.75) is 6.04 Å². The van der Waals surface area contributed by atoms with Gasteiger partial charge in [-0.2, -0.15) is 0 Å². The Morgan fingerprint density at radius 3 is 1.88 bits per heavy atom. The van der Waals surface area contributed by atoms with Crippen LogP contribution in [-0.4, -0.2) is 19.3 Å². The third kappa shape index (κ3) is 2.30. The molecule has 0 bridgehead atoms. The molecule has 0 amide bonds. The molecule has 0 spiro atoms. The number of ether oxygens (including phenoxy) is 2. The minimum atomic E-state index is -0.0597. The maximum absolute atomic E-state index is 5.79. The van der Waals surface area contributed by atoms with Crippen LogP contribution in [0.15, 0.2) is 36.4 Å². The summed E-state index contributed by atoms with van der Waals surface area (Å²) in [7, 11) is 0. The Labute approximate surface area is 106 Å². The van der Waals surface area contributed by atoms with Crippen LogP contribution in [0.1, 0.15) is 0 Å². The number of hydrogen-bond acceptors (Lipinski definition) is 3. The number of rotatable bonds is 0. The van der Waals surface area contributed by atoms with Gasteiger partial charge < -0.3 is 15.2 Å². The highest BCUT2D eigenvalue weighted by Gasteiger charge is 2.15. The van der Waals surface area contributed by atoms with Gasteiger partial charge in [0.2, 0.25) is 0 Å². The van der Waals surface area contributed by atoms with Crippen LogP contribution in [0.2, 0.25) is 0 Å². The van der Waals surface area contributed by atoms with Crippen molar-refractivity contribution in [3.8, 4) is 11.5 Å². The third-order valence-corrected chi connectivity index (χ3v) is 2.72. The first-order chi connectivity index (χ1) is 7.83. The molecule has 0 aliphatic carbocycles. The summed E-state index contributed by atoms with van der Waals surface area (Å²) in [5, 5.41) is 2.31. The van der Waals surface area contributed by atoms with Gasteiger partial charge in [0.1, 0.15) is 13.2 Å². The summed E-state index contributed by atoms with van der Waals surface area (Å²) in [4.78, 5) is 0. The van der Waals surface area contributed by atoms with Gasteiger partial charge in [0.05, 0.1) is 6.04 Å². The first kappa shape index (κ1) is 12.0. The lowest BCUT2D eigenvalue weighted by molar-refractivity contribution is 0.264. The van der Waals surface area contributed by atoms with E-state index in [0.717, 1.165) is 22.3 Å². The summed E-state index contributed by atoms with van der Waals surface area (Å²) < 4.78 is 11.2. The largest absolute Gasteiger partial charge is 0.488 e. The van der Waals surface area contributed by atoms with Crippen molar-refractivity contribution < 1.29 is 9.47 Å². The van der Waals surface area contributed by atoms with Crippen molar-refractivity contribution in [3.63, 3.8) is 0 Å². The van der Waals surface area contributed by atoms with Crippen LogP contribution in [-0.2, 0) is 0 Å². The number of halogens is 1. The molecule has 3 nitrogen and oxygen atoms in total. The smallest absolute Gasteiger partial charge is 0.161 e. The monoisotopic (exact) mass is 251 g/mol. The fourth-order valence-electron chi connectivity index (χ4n) is 1.87. The molecule has 17 heavy (non-hydrogen) atoms. The van der Waals surface area contributed by atoms with E-state index in [-0.39, 0.29) is 18.4 Å². The van der Waals surface area contributed by atoms with Gasteiger partial charge in [-0.3, -0.25) is 0 Å². The maximum atomic E-state index is 5.79. The third-order valence-electron chi connectivity index (χ3n) is 2.72. The van der Waals surface area contributed by atoms with Crippen LogP contribution in [0.5, 0.6) is 11.5 Å². The number of fused-ring (bicyclic) bond motifs is 2. The molecule has 90 valence electrons. The van der Waals surface area contributed by atoms with Gasteiger partial charge in [0.15, 0.2) is 11.5 Å². The summed E-state index contributed by atoms with van der Waals surface area (Å²) in [6.45, 7) is 1.01. The predicted molar refractivity (Wildman–Crippen MR) is 70.2 cm³/mol. The second-order valence-corrected chi connectivity index (χ2v) is 4.03. The van der Waals surface area contributed by atoms with Crippen molar-refractivity contribution >= 4 is 23.2 Å². The van der Waals surface area contributed by atoms with Crippen LogP contribution in [0, 0.1) is 0 Å². The van der Waals surface area contributed by atoms with E-state index >= 15 is 0 Å². The summed E-state index contributed by atoms with van der Waals surface area (Å²) in [5.41, 5.74) is 5.79. The van der Waals surface area contributed by atoms with Crippen LogP contribution in [0.25, 0.3) is 10.8 Å². The fourth-order valence-corrected chi connectivity index (χ4v) is 1.87. The van der Waals surface area contributed by atoms with Crippen molar-refractivity contribution in [3.05, 3.63) is 36.4 Å². The van der Waals surface area contributed by atoms with E-state index in [9.17, 15) is 0 Å². The minimum Gasteiger partial charge on any atom is -0.488 e. The van der Waals surface area contributed by atoms with E-state index in [1.165, 1.54) is 0 Å². The Balaban J connectivity index is 0.00000108. The van der Waals surface area contributed by atoms with Crippen molar-refractivity contribution in [1.82, 2.24) is 0 Å². The number of hydrogen-bond donors (Lipinski definition) is 1. The molecule has 1 aliphatic rings. The first-order valence-electron chi connectivity index (χ1n) is 5.37. The van der Waals surface area contributed by atoms with Crippen LogP contribution < -0.4 is 15.2 Å². The number of benzene rings is 2. The Hall–Kier alpha value is -1.45. The van der Waals surface area contributed by atoms with E-state index in [0.29, 0.717) is 13.2 Å². The molecule has 2 aromatic carbocycles. The quantitative estimate of drug-likeness (QED) is 0.782. The normalized spacial score (nSPS) is 15.1. The average molecular weight is 252 g/mol. The first-order valence-corrected chi connectivity index (χ1v) is 5.37. The topological polar surface area (TPSA) is 44.5 Å². The lowest BCUT2D eigenvalue weighted by Crippen LogP contribution is -2.32. The van der Waals surface area contributed by atoms with Crippen molar-refractivity contribution in [2.24, 2.45) is 5.73 Å². The second-order valence-electron chi connectivity index (χ2n) is 4.03. The predicted octanol–water partition coefficient (Wildman–Crippen LogP) is 2.36. The van der Waals surface area contributed by atoms with Gasteiger partial charge in [0.25, 0.3) is 0 Å². The molecular weight excluding hydrogens is 238 g/mol. The number of nitrogens with two attached hydrogens (primary N) is 1. The molecule has 3 rings (SSSR count). The Morgan fingerprint density at radius 1 is 0.941 bits per heavy atom.